The van der Waals surface area contributed by atoms with Gasteiger partial charge in [0.15, 0.2) is 0 Å². The normalized spacial score (nSPS) is 10.8. The summed E-state index contributed by atoms with van der Waals surface area (Å²) in [6.07, 6.45) is 2.60. The van der Waals surface area contributed by atoms with Crippen LogP contribution >= 0.6 is 11.3 Å². The second-order valence-electron chi connectivity index (χ2n) is 4.67. The van der Waals surface area contributed by atoms with Crippen LogP contribution in [0.1, 0.15) is 10.7 Å². The molecule has 4 nitrogen and oxygen atoms in total. The Balaban J connectivity index is 1.78. The SMILES string of the molecule is Cc1csc(CCNc2c(N)cnc3ccccc23)n1. The van der Waals surface area contributed by atoms with Crippen molar-refractivity contribution in [1.29, 1.82) is 0 Å². The van der Waals surface area contributed by atoms with Crippen LogP contribution in [0, 0.1) is 6.92 Å². The number of anilines is 2. The van der Waals surface area contributed by atoms with E-state index in [1.165, 1.54) is 0 Å². The van der Waals surface area contributed by atoms with Crippen LogP contribution in [0.4, 0.5) is 11.4 Å². The van der Waals surface area contributed by atoms with Crippen molar-refractivity contribution >= 4 is 33.6 Å². The number of fused-ring (bicyclic) bond motifs is 1. The van der Waals surface area contributed by atoms with Crippen LogP contribution in [0.15, 0.2) is 35.8 Å². The van der Waals surface area contributed by atoms with Crippen molar-refractivity contribution in [3.05, 3.63) is 46.5 Å². The van der Waals surface area contributed by atoms with Gasteiger partial charge in [0.2, 0.25) is 0 Å². The maximum Gasteiger partial charge on any atom is 0.0945 e. The van der Waals surface area contributed by atoms with E-state index < -0.39 is 0 Å². The van der Waals surface area contributed by atoms with E-state index in [4.69, 9.17) is 5.73 Å². The Kier molecular flexibility index (Phi) is 3.52. The number of nitrogens with two attached hydrogens (primary N) is 1. The summed E-state index contributed by atoms with van der Waals surface area (Å²) in [4.78, 5) is 8.80. The van der Waals surface area contributed by atoms with E-state index in [2.05, 4.69) is 20.7 Å². The first-order valence-electron chi connectivity index (χ1n) is 6.52. The van der Waals surface area contributed by atoms with E-state index in [9.17, 15) is 0 Å². The molecule has 20 heavy (non-hydrogen) atoms. The third kappa shape index (κ3) is 2.58. The second kappa shape index (κ2) is 5.46. The zero-order valence-corrected chi connectivity index (χ0v) is 12.1. The average Bonchev–Trinajstić information content (AvgIpc) is 2.87. The predicted octanol–water partition coefficient (Wildman–Crippen LogP) is 3.24. The Bertz CT molecular complexity index is 736. The second-order valence-corrected chi connectivity index (χ2v) is 5.61. The number of nitrogens with one attached hydrogen (secondary N) is 1. The number of nitrogens with zero attached hydrogens (tertiary/aromatic N) is 2. The fourth-order valence-corrected chi connectivity index (χ4v) is 2.94. The molecule has 2 aromatic heterocycles. The zero-order chi connectivity index (χ0) is 13.9. The Morgan fingerprint density at radius 1 is 1.30 bits per heavy atom. The molecule has 0 amide bonds. The summed E-state index contributed by atoms with van der Waals surface area (Å²) in [6.45, 7) is 2.83. The number of aromatic nitrogens is 2. The van der Waals surface area contributed by atoms with E-state index in [1.54, 1.807) is 17.5 Å². The molecule has 5 heteroatoms. The number of aryl methyl sites for hydroxylation is 1. The minimum Gasteiger partial charge on any atom is -0.396 e. The van der Waals surface area contributed by atoms with Gasteiger partial charge in [-0.1, -0.05) is 18.2 Å². The summed E-state index contributed by atoms with van der Waals surface area (Å²) in [5.41, 5.74) is 9.71. The molecular weight excluding hydrogens is 268 g/mol. The van der Waals surface area contributed by atoms with E-state index in [0.29, 0.717) is 5.69 Å². The molecule has 0 atom stereocenters. The minimum absolute atomic E-state index is 0.680. The summed E-state index contributed by atoms with van der Waals surface area (Å²) in [5.74, 6) is 0. The van der Waals surface area contributed by atoms with Crippen molar-refractivity contribution < 1.29 is 0 Å². The maximum atomic E-state index is 6.03. The lowest BCUT2D eigenvalue weighted by molar-refractivity contribution is 0.988. The third-order valence-corrected chi connectivity index (χ3v) is 4.14. The molecule has 2 heterocycles. The van der Waals surface area contributed by atoms with Gasteiger partial charge in [0.05, 0.1) is 28.1 Å². The first-order chi connectivity index (χ1) is 9.74. The van der Waals surface area contributed by atoms with Crippen molar-refractivity contribution in [3.63, 3.8) is 0 Å². The highest BCUT2D eigenvalue weighted by Crippen LogP contribution is 2.27. The van der Waals surface area contributed by atoms with Gasteiger partial charge in [0.25, 0.3) is 0 Å². The number of rotatable bonds is 4. The zero-order valence-electron chi connectivity index (χ0n) is 11.3. The lowest BCUT2D eigenvalue weighted by Crippen LogP contribution is -2.07. The van der Waals surface area contributed by atoms with Crippen LogP contribution in [0.3, 0.4) is 0 Å². The number of para-hydroxylation sites is 1. The van der Waals surface area contributed by atoms with Gasteiger partial charge in [-0.3, -0.25) is 4.98 Å². The van der Waals surface area contributed by atoms with Crippen LogP contribution in [0.2, 0.25) is 0 Å². The van der Waals surface area contributed by atoms with Crippen LogP contribution in [0.25, 0.3) is 10.9 Å². The largest absolute Gasteiger partial charge is 0.396 e. The lowest BCUT2D eigenvalue weighted by Gasteiger charge is -2.11. The number of hydrogen-bond donors (Lipinski definition) is 2. The Labute approximate surface area is 121 Å². The van der Waals surface area contributed by atoms with Gasteiger partial charge in [-0.05, 0) is 13.0 Å². The number of nitrogen functional groups attached to an aromatic ring is 1. The maximum absolute atomic E-state index is 6.03. The molecule has 0 aliphatic carbocycles. The van der Waals surface area contributed by atoms with Crippen molar-refractivity contribution in [3.8, 4) is 0 Å². The monoisotopic (exact) mass is 284 g/mol. The first-order valence-corrected chi connectivity index (χ1v) is 7.40. The molecular formula is C15H16N4S. The highest BCUT2D eigenvalue weighted by Gasteiger charge is 2.06. The van der Waals surface area contributed by atoms with E-state index >= 15 is 0 Å². The van der Waals surface area contributed by atoms with Crippen molar-refractivity contribution in [1.82, 2.24) is 9.97 Å². The van der Waals surface area contributed by atoms with Gasteiger partial charge in [-0.2, -0.15) is 0 Å². The molecule has 0 aliphatic heterocycles. The van der Waals surface area contributed by atoms with Gasteiger partial charge < -0.3 is 11.1 Å². The average molecular weight is 284 g/mol. The highest BCUT2D eigenvalue weighted by molar-refractivity contribution is 7.09. The predicted molar refractivity (Wildman–Crippen MR) is 85.2 cm³/mol. The van der Waals surface area contributed by atoms with Crippen LogP contribution in [0.5, 0.6) is 0 Å². The number of thiazole rings is 1. The molecule has 0 saturated heterocycles. The Morgan fingerprint density at radius 3 is 2.95 bits per heavy atom. The molecule has 0 aliphatic rings. The van der Waals surface area contributed by atoms with Gasteiger partial charge in [0, 0.05) is 29.4 Å². The van der Waals surface area contributed by atoms with Crippen LogP contribution in [-0.2, 0) is 6.42 Å². The standard InChI is InChI=1S/C15H16N4S/c1-10-9-20-14(19-10)6-7-17-15-11-4-2-3-5-13(11)18-8-12(15)16/h2-5,8-9H,6-7,16H2,1H3,(H,17,18). The molecule has 3 rings (SSSR count). The lowest BCUT2D eigenvalue weighted by atomic mass is 10.1. The third-order valence-electron chi connectivity index (χ3n) is 3.11. The summed E-state index contributed by atoms with van der Waals surface area (Å²) < 4.78 is 0. The number of hydrogen-bond acceptors (Lipinski definition) is 5. The molecule has 1 aromatic carbocycles. The smallest absolute Gasteiger partial charge is 0.0945 e. The molecule has 0 unspecified atom stereocenters. The molecule has 3 N–H and O–H groups in total. The summed E-state index contributed by atoms with van der Waals surface area (Å²) in [5, 5.41) is 7.69. The first kappa shape index (κ1) is 12.9. The molecule has 0 saturated carbocycles. The van der Waals surface area contributed by atoms with Gasteiger partial charge in [-0.25, -0.2) is 4.98 Å². The minimum atomic E-state index is 0.680. The van der Waals surface area contributed by atoms with E-state index in [-0.39, 0.29) is 0 Å². The Morgan fingerprint density at radius 2 is 2.15 bits per heavy atom. The molecule has 3 aromatic rings. The van der Waals surface area contributed by atoms with Gasteiger partial charge in [-0.15, -0.1) is 11.3 Å². The summed E-state index contributed by atoms with van der Waals surface area (Å²) >= 11 is 1.70. The highest BCUT2D eigenvalue weighted by atomic mass is 32.1. The van der Waals surface area contributed by atoms with Crippen molar-refractivity contribution in [2.75, 3.05) is 17.6 Å². The van der Waals surface area contributed by atoms with Crippen LogP contribution in [-0.4, -0.2) is 16.5 Å². The molecule has 0 spiro atoms. The fraction of sp³-hybridized carbons (Fsp3) is 0.200. The van der Waals surface area contributed by atoms with Crippen molar-refractivity contribution in [2.45, 2.75) is 13.3 Å². The van der Waals surface area contributed by atoms with E-state index in [0.717, 1.165) is 40.3 Å². The van der Waals surface area contributed by atoms with E-state index in [1.807, 2.05) is 31.2 Å². The number of benzene rings is 1. The Hall–Kier alpha value is -2.14. The molecule has 0 radical (unpaired) electrons. The quantitative estimate of drug-likeness (QED) is 0.772. The fourth-order valence-electron chi connectivity index (χ4n) is 2.17. The van der Waals surface area contributed by atoms with Crippen LogP contribution < -0.4 is 11.1 Å². The topological polar surface area (TPSA) is 63.8 Å². The number of pyridine rings is 1. The van der Waals surface area contributed by atoms with Gasteiger partial charge >= 0.3 is 0 Å². The summed E-state index contributed by atoms with van der Waals surface area (Å²) in [7, 11) is 0. The van der Waals surface area contributed by atoms with Gasteiger partial charge in [0.1, 0.15) is 0 Å². The molecule has 102 valence electrons. The molecule has 0 bridgehead atoms. The van der Waals surface area contributed by atoms with Crippen molar-refractivity contribution in [2.24, 2.45) is 0 Å². The molecule has 0 fully saturated rings. The summed E-state index contributed by atoms with van der Waals surface area (Å²) in [6, 6.07) is 8.01.